The summed E-state index contributed by atoms with van der Waals surface area (Å²) in [6, 6.07) is 0.352. The highest BCUT2D eigenvalue weighted by Crippen LogP contribution is 2.53. The molecule has 4 rings (SSSR count). The van der Waals surface area contributed by atoms with E-state index < -0.39 is 58.0 Å². The van der Waals surface area contributed by atoms with Gasteiger partial charge in [0, 0.05) is 23.1 Å². The quantitative estimate of drug-likeness (QED) is 0.296. The van der Waals surface area contributed by atoms with Crippen LogP contribution in [0.5, 0.6) is 5.75 Å². The van der Waals surface area contributed by atoms with E-state index in [4.69, 9.17) is 17.3 Å². The third-order valence-electron chi connectivity index (χ3n) is 7.60. The highest BCUT2D eigenvalue weighted by atomic mass is 35.5. The van der Waals surface area contributed by atoms with Crippen molar-refractivity contribution in [2.75, 3.05) is 20.6 Å². The molecule has 3 aliphatic carbocycles. The van der Waals surface area contributed by atoms with Gasteiger partial charge >= 0.3 is 0 Å². The number of benzene rings is 1. The van der Waals surface area contributed by atoms with Crippen LogP contribution >= 0.6 is 11.6 Å². The van der Waals surface area contributed by atoms with Crippen LogP contribution in [0.25, 0.3) is 0 Å². The molecule has 10 nitrogen and oxygen atoms in total. The summed E-state index contributed by atoms with van der Waals surface area (Å²) < 4.78 is 0. The van der Waals surface area contributed by atoms with Crippen molar-refractivity contribution in [3.63, 3.8) is 0 Å². The van der Waals surface area contributed by atoms with Gasteiger partial charge in [-0.15, -0.1) is 0 Å². The highest BCUT2D eigenvalue weighted by Gasteiger charge is 2.63. The number of hydrogen-bond donors (Lipinski definition) is 6. The standard InChI is InChI=1S/C26H32ClN3O7/c1-10(2)8-29-9-12-7-15(31)17-13(19(12)27)5-11-6-14-20(30(3)4)22(33)18(25(28)36)24(35)26(14,37)23(34)16(11)21(17)32/h7,10-11,14,20,29,31,33-34,37H,5-6,8-9H2,1-4H3,(H2,28,36)/t11-,14-,20-,26-/m0/s1. The van der Waals surface area contributed by atoms with Crippen LogP contribution in [0.15, 0.2) is 28.7 Å². The molecule has 200 valence electrons. The van der Waals surface area contributed by atoms with Crippen LogP contribution in [0.2, 0.25) is 5.02 Å². The number of aliphatic hydroxyl groups is 3. The smallest absolute Gasteiger partial charge is 0.255 e. The number of ketones is 2. The van der Waals surface area contributed by atoms with Crippen LogP contribution in [-0.4, -0.2) is 75.1 Å². The van der Waals surface area contributed by atoms with Gasteiger partial charge in [0.25, 0.3) is 5.91 Å². The van der Waals surface area contributed by atoms with Crippen molar-refractivity contribution in [2.24, 2.45) is 23.5 Å². The number of hydrogen-bond acceptors (Lipinski definition) is 9. The van der Waals surface area contributed by atoms with Gasteiger partial charge in [-0.1, -0.05) is 25.4 Å². The van der Waals surface area contributed by atoms with Gasteiger partial charge in [-0.05, 0) is 62.5 Å². The summed E-state index contributed by atoms with van der Waals surface area (Å²) in [6.07, 6.45) is 0.164. The van der Waals surface area contributed by atoms with Gasteiger partial charge in [0.2, 0.25) is 5.78 Å². The Labute approximate surface area is 219 Å². The van der Waals surface area contributed by atoms with Crippen molar-refractivity contribution >= 4 is 29.1 Å². The number of nitrogens with one attached hydrogen (secondary N) is 1. The summed E-state index contributed by atoms with van der Waals surface area (Å²) in [5.74, 6) is -6.47. The number of carbonyl (C=O) groups excluding carboxylic acids is 3. The van der Waals surface area contributed by atoms with Crippen LogP contribution in [0, 0.1) is 17.8 Å². The zero-order chi connectivity index (χ0) is 27.6. The molecule has 0 heterocycles. The fourth-order valence-corrected chi connectivity index (χ4v) is 6.27. The molecule has 0 unspecified atom stereocenters. The molecule has 0 aromatic heterocycles. The minimum Gasteiger partial charge on any atom is -0.510 e. The molecule has 7 N–H and O–H groups in total. The SMILES string of the molecule is CC(C)CNCc1cc(O)c2c(c1Cl)C[C@H]1C[C@H]3[C@H](N(C)C)C(O)=C(C(N)=O)C(=O)[C@@]3(O)C(O)=C1C2=O. The lowest BCUT2D eigenvalue weighted by molar-refractivity contribution is -0.148. The van der Waals surface area contributed by atoms with Crippen LogP contribution in [-0.2, 0) is 22.6 Å². The Hall–Kier alpha value is -2.92. The lowest BCUT2D eigenvalue weighted by Gasteiger charge is -2.50. The first kappa shape index (κ1) is 27.1. The molecule has 0 saturated heterocycles. The summed E-state index contributed by atoms with van der Waals surface area (Å²) in [4.78, 5) is 40.5. The van der Waals surface area contributed by atoms with E-state index in [1.165, 1.54) is 11.0 Å². The van der Waals surface area contributed by atoms with Crippen molar-refractivity contribution in [3.8, 4) is 5.75 Å². The number of halogens is 1. The number of nitrogens with zero attached hydrogens (tertiary/aromatic N) is 1. The van der Waals surface area contributed by atoms with E-state index in [0.29, 0.717) is 28.6 Å². The van der Waals surface area contributed by atoms with Gasteiger partial charge in [-0.3, -0.25) is 19.3 Å². The van der Waals surface area contributed by atoms with Crippen LogP contribution < -0.4 is 11.1 Å². The number of allylic oxidation sites excluding steroid dienone is 1. The van der Waals surface area contributed by atoms with E-state index >= 15 is 0 Å². The molecular weight excluding hydrogens is 502 g/mol. The van der Waals surface area contributed by atoms with E-state index in [1.54, 1.807) is 14.1 Å². The first-order valence-corrected chi connectivity index (χ1v) is 12.5. The van der Waals surface area contributed by atoms with Crippen LogP contribution in [0.1, 0.15) is 41.8 Å². The van der Waals surface area contributed by atoms with Crippen LogP contribution in [0.3, 0.4) is 0 Å². The van der Waals surface area contributed by atoms with Crippen molar-refractivity contribution in [1.29, 1.82) is 0 Å². The average Bonchev–Trinajstić information content (AvgIpc) is 2.78. The molecule has 0 bridgehead atoms. The lowest BCUT2D eigenvalue weighted by atomic mass is 9.58. The molecule has 3 aliphatic rings. The molecular formula is C26H32ClN3O7. The molecule has 0 spiro atoms. The first-order valence-electron chi connectivity index (χ1n) is 12.1. The Morgan fingerprint density at radius 1 is 1.27 bits per heavy atom. The fraction of sp³-hybridized carbons (Fsp3) is 0.500. The number of aromatic hydroxyl groups is 1. The summed E-state index contributed by atoms with van der Waals surface area (Å²) in [6.45, 7) is 5.21. The number of Topliss-reactive ketones (excluding diaryl/α,β-unsaturated/α-hetero) is 2. The Balaban J connectivity index is 1.86. The van der Waals surface area contributed by atoms with Gasteiger partial charge in [-0.2, -0.15) is 0 Å². The van der Waals surface area contributed by atoms with E-state index in [1.807, 2.05) is 0 Å². The first-order chi connectivity index (χ1) is 17.2. The largest absolute Gasteiger partial charge is 0.510 e. The van der Waals surface area contributed by atoms with E-state index in [2.05, 4.69) is 19.2 Å². The van der Waals surface area contributed by atoms with E-state index in [-0.39, 0.29) is 29.7 Å². The Morgan fingerprint density at radius 2 is 1.92 bits per heavy atom. The minimum absolute atomic E-state index is 0.0126. The Kier molecular flexibility index (Phi) is 6.91. The zero-order valence-corrected chi connectivity index (χ0v) is 21.9. The molecule has 0 aliphatic heterocycles. The number of likely N-dealkylation sites (N-methyl/N-ethyl adjacent to an activating group) is 1. The van der Waals surface area contributed by atoms with Crippen molar-refractivity contribution in [3.05, 3.63) is 50.4 Å². The second-order valence-corrected chi connectivity index (χ2v) is 11.1. The molecule has 0 saturated carbocycles. The summed E-state index contributed by atoms with van der Waals surface area (Å²) in [5, 5.41) is 48.1. The highest BCUT2D eigenvalue weighted by molar-refractivity contribution is 6.33. The number of aliphatic hydroxyl groups excluding tert-OH is 2. The molecule has 0 fully saturated rings. The van der Waals surface area contributed by atoms with Gasteiger partial charge in [-0.25, -0.2) is 0 Å². The topological polar surface area (TPSA) is 173 Å². The zero-order valence-electron chi connectivity index (χ0n) is 21.1. The van der Waals surface area contributed by atoms with Gasteiger partial charge < -0.3 is 31.5 Å². The summed E-state index contributed by atoms with van der Waals surface area (Å²) >= 11 is 6.70. The van der Waals surface area contributed by atoms with Gasteiger partial charge in [0.1, 0.15) is 22.8 Å². The second kappa shape index (κ2) is 9.43. The Morgan fingerprint density at radius 3 is 2.49 bits per heavy atom. The number of phenolic OH excluding ortho intramolecular Hbond substituents is 1. The number of rotatable bonds is 6. The third kappa shape index (κ3) is 4.03. The monoisotopic (exact) mass is 533 g/mol. The molecule has 1 amide bonds. The number of amides is 1. The maximum absolute atomic E-state index is 13.6. The molecule has 1 aromatic rings. The number of primary amides is 1. The fourth-order valence-electron chi connectivity index (χ4n) is 5.98. The number of fused-ring (bicyclic) bond motifs is 3. The summed E-state index contributed by atoms with van der Waals surface area (Å²) in [7, 11) is 3.16. The molecule has 4 atom stereocenters. The van der Waals surface area contributed by atoms with Gasteiger partial charge in [0.05, 0.1) is 11.6 Å². The van der Waals surface area contributed by atoms with Crippen molar-refractivity contribution in [1.82, 2.24) is 10.2 Å². The molecule has 0 radical (unpaired) electrons. The number of phenols is 1. The second-order valence-electron chi connectivity index (χ2n) is 10.7. The molecule has 37 heavy (non-hydrogen) atoms. The number of nitrogens with two attached hydrogens (primary N) is 1. The van der Waals surface area contributed by atoms with Crippen molar-refractivity contribution in [2.45, 2.75) is 44.9 Å². The molecule has 1 aromatic carbocycles. The Bertz CT molecular complexity index is 1270. The maximum Gasteiger partial charge on any atom is 0.255 e. The third-order valence-corrected chi connectivity index (χ3v) is 8.07. The van der Waals surface area contributed by atoms with Gasteiger partial charge in [0.15, 0.2) is 11.4 Å². The summed E-state index contributed by atoms with van der Waals surface area (Å²) in [5.41, 5.74) is 2.56. The normalized spacial score (nSPS) is 27.5. The lowest BCUT2D eigenvalue weighted by Crippen LogP contribution is -2.63. The predicted octanol–water partition coefficient (Wildman–Crippen LogP) is 1.52. The minimum atomic E-state index is -2.66. The average molecular weight is 534 g/mol. The van der Waals surface area contributed by atoms with E-state index in [0.717, 1.165) is 6.54 Å². The van der Waals surface area contributed by atoms with Crippen molar-refractivity contribution < 1.29 is 34.8 Å². The van der Waals surface area contributed by atoms with Crippen LogP contribution in [0.4, 0.5) is 0 Å². The predicted molar refractivity (Wildman–Crippen MR) is 135 cm³/mol. The number of carbonyl (C=O) groups is 3. The molecule has 11 heteroatoms. The van der Waals surface area contributed by atoms with E-state index in [9.17, 15) is 34.8 Å². The maximum atomic E-state index is 13.6.